The maximum absolute atomic E-state index is 8.59. The highest BCUT2D eigenvalue weighted by atomic mass is 127. The lowest BCUT2D eigenvalue weighted by molar-refractivity contribution is 0.679. The van der Waals surface area contributed by atoms with E-state index in [1.807, 2.05) is 34.7 Å². The van der Waals surface area contributed by atoms with Crippen molar-refractivity contribution in [2.75, 3.05) is 0 Å². The average Bonchev–Trinajstić information content (AvgIpc) is 2.30. The Morgan fingerprint density at radius 3 is 2.73 bits per heavy atom. The van der Waals surface area contributed by atoms with Crippen molar-refractivity contribution < 1.29 is 0 Å². The van der Waals surface area contributed by atoms with Gasteiger partial charge in [-0.3, -0.25) is 5.43 Å². The van der Waals surface area contributed by atoms with Gasteiger partial charge in [0.05, 0.1) is 22.4 Å². The summed E-state index contributed by atoms with van der Waals surface area (Å²) >= 11 is 1.95. The zero-order valence-corrected chi connectivity index (χ0v) is 9.92. The summed E-state index contributed by atoms with van der Waals surface area (Å²) in [7, 11) is 0. The van der Waals surface area contributed by atoms with Crippen molar-refractivity contribution in [2.45, 2.75) is 6.54 Å². The standard InChI is InChI=1S/C9H8IN5/c10-7-13-15-14-12-6-9-3-1-8(5-11)2-4-9/h1-4,7H,6H2,(H,12,15). The van der Waals surface area contributed by atoms with Crippen molar-refractivity contribution in [3.8, 4) is 6.07 Å². The number of halogens is 1. The summed E-state index contributed by atoms with van der Waals surface area (Å²) in [5.74, 6) is 0. The molecule has 6 heteroatoms. The van der Waals surface area contributed by atoms with Gasteiger partial charge < -0.3 is 0 Å². The van der Waals surface area contributed by atoms with Crippen LogP contribution in [-0.4, -0.2) is 4.22 Å². The predicted octanol–water partition coefficient (Wildman–Crippen LogP) is 2.39. The van der Waals surface area contributed by atoms with Crippen LogP contribution in [0, 0.1) is 11.3 Å². The summed E-state index contributed by atoms with van der Waals surface area (Å²) in [6.45, 7) is 0.561. The van der Waals surface area contributed by atoms with Crippen molar-refractivity contribution >= 4 is 26.8 Å². The first-order valence-electron chi connectivity index (χ1n) is 4.10. The summed E-state index contributed by atoms with van der Waals surface area (Å²) in [6.07, 6.45) is 0. The van der Waals surface area contributed by atoms with Crippen LogP contribution in [0.25, 0.3) is 0 Å². The van der Waals surface area contributed by atoms with E-state index in [1.54, 1.807) is 12.1 Å². The molecule has 0 aliphatic rings. The molecule has 1 aromatic rings. The van der Waals surface area contributed by atoms with Gasteiger partial charge in [-0.05, 0) is 45.5 Å². The van der Waals surface area contributed by atoms with Crippen LogP contribution in [0.5, 0.6) is 0 Å². The number of hydrogen-bond acceptors (Lipinski definition) is 3. The fourth-order valence-electron chi connectivity index (χ4n) is 0.901. The Kier molecular flexibility index (Phi) is 5.32. The van der Waals surface area contributed by atoms with Crippen molar-refractivity contribution in [1.29, 1.82) is 5.26 Å². The van der Waals surface area contributed by atoms with E-state index in [2.05, 4.69) is 27.0 Å². The molecule has 0 fully saturated rings. The molecule has 76 valence electrons. The minimum atomic E-state index is 0.561. The van der Waals surface area contributed by atoms with Crippen LogP contribution >= 0.6 is 22.6 Å². The third-order valence-electron chi connectivity index (χ3n) is 1.58. The monoisotopic (exact) mass is 313 g/mol. The minimum absolute atomic E-state index is 0.561. The van der Waals surface area contributed by atoms with Gasteiger partial charge in [-0.1, -0.05) is 17.4 Å². The molecule has 0 aromatic heterocycles. The molecule has 0 radical (unpaired) electrons. The van der Waals surface area contributed by atoms with Crippen LogP contribution in [0.1, 0.15) is 11.1 Å². The highest BCUT2D eigenvalue weighted by molar-refractivity contribution is 14.1. The molecule has 0 saturated heterocycles. The van der Waals surface area contributed by atoms with Gasteiger partial charge in [0.15, 0.2) is 0 Å². The van der Waals surface area contributed by atoms with Crippen molar-refractivity contribution in [3.63, 3.8) is 0 Å². The molecule has 1 rings (SSSR count). The smallest absolute Gasteiger partial charge is 0.0991 e. The minimum Gasteiger partial charge on any atom is -0.286 e. The molecule has 0 aliphatic carbocycles. The number of nitrogens with one attached hydrogen (secondary N) is 1. The maximum atomic E-state index is 8.59. The summed E-state index contributed by atoms with van der Waals surface area (Å²) in [4.78, 5) is 0. The number of nitrogens with zero attached hydrogens (tertiary/aromatic N) is 4. The molecule has 15 heavy (non-hydrogen) atoms. The second kappa shape index (κ2) is 6.89. The molecule has 0 bridgehead atoms. The van der Waals surface area contributed by atoms with E-state index in [-0.39, 0.29) is 0 Å². The van der Waals surface area contributed by atoms with Gasteiger partial charge in [-0.2, -0.15) is 5.26 Å². The van der Waals surface area contributed by atoms with Gasteiger partial charge >= 0.3 is 0 Å². The van der Waals surface area contributed by atoms with Crippen LogP contribution in [0.4, 0.5) is 0 Å². The number of benzene rings is 1. The molecule has 0 spiro atoms. The second-order valence-corrected chi connectivity index (χ2v) is 3.10. The maximum Gasteiger partial charge on any atom is 0.0991 e. The third-order valence-corrected chi connectivity index (χ3v) is 1.83. The van der Waals surface area contributed by atoms with E-state index in [9.17, 15) is 0 Å². The Morgan fingerprint density at radius 2 is 2.13 bits per heavy atom. The van der Waals surface area contributed by atoms with E-state index in [1.165, 1.54) is 4.22 Å². The Hall–Kier alpha value is -1.49. The molecule has 0 aliphatic heterocycles. The van der Waals surface area contributed by atoms with Gasteiger partial charge in [0, 0.05) is 0 Å². The van der Waals surface area contributed by atoms with Crippen LogP contribution in [0.2, 0.25) is 0 Å². The topological polar surface area (TPSA) is 72.9 Å². The molecule has 0 amide bonds. The van der Waals surface area contributed by atoms with E-state index in [4.69, 9.17) is 5.26 Å². The van der Waals surface area contributed by atoms with E-state index in [0.717, 1.165) is 5.56 Å². The summed E-state index contributed by atoms with van der Waals surface area (Å²) in [5, 5.41) is 19.2. The van der Waals surface area contributed by atoms with Crippen LogP contribution in [-0.2, 0) is 6.54 Å². The van der Waals surface area contributed by atoms with Crippen LogP contribution in [0.3, 0.4) is 0 Å². The van der Waals surface area contributed by atoms with Crippen molar-refractivity contribution in [1.82, 2.24) is 5.43 Å². The molecule has 1 N–H and O–H groups in total. The van der Waals surface area contributed by atoms with E-state index < -0.39 is 0 Å². The highest BCUT2D eigenvalue weighted by Gasteiger charge is 1.91. The quantitative estimate of drug-likeness (QED) is 0.401. The highest BCUT2D eigenvalue weighted by Crippen LogP contribution is 2.02. The normalized spacial score (nSPS) is 10.7. The first-order chi connectivity index (χ1) is 7.36. The molecular formula is C9H8IN5. The molecule has 0 atom stereocenters. The van der Waals surface area contributed by atoms with Gasteiger partial charge in [-0.15, -0.1) is 5.10 Å². The predicted molar refractivity (Wildman–Crippen MR) is 65.4 cm³/mol. The third kappa shape index (κ3) is 4.51. The number of hydrogen-bond donors (Lipinski definition) is 1. The van der Waals surface area contributed by atoms with Crippen molar-refractivity contribution in [3.05, 3.63) is 35.4 Å². The van der Waals surface area contributed by atoms with Gasteiger partial charge in [0.25, 0.3) is 0 Å². The lowest BCUT2D eigenvalue weighted by atomic mass is 10.1. The fourth-order valence-corrected chi connectivity index (χ4v) is 1.01. The number of rotatable bonds is 4. The number of nitriles is 1. The lowest BCUT2D eigenvalue weighted by Gasteiger charge is -1.98. The molecule has 0 unspecified atom stereocenters. The SMILES string of the molecule is N#Cc1ccc(CNN=NN=CI)cc1. The second-order valence-electron chi connectivity index (χ2n) is 2.55. The zero-order chi connectivity index (χ0) is 10.9. The van der Waals surface area contributed by atoms with Gasteiger partial charge in [-0.25, -0.2) is 0 Å². The molecule has 5 nitrogen and oxygen atoms in total. The molecule has 0 saturated carbocycles. The largest absolute Gasteiger partial charge is 0.286 e. The zero-order valence-electron chi connectivity index (χ0n) is 7.76. The van der Waals surface area contributed by atoms with Gasteiger partial charge in [0.2, 0.25) is 0 Å². The summed E-state index contributed by atoms with van der Waals surface area (Å²) in [6, 6.07) is 9.31. The lowest BCUT2D eigenvalue weighted by Crippen LogP contribution is -2.03. The fraction of sp³-hybridized carbons (Fsp3) is 0.111. The molecular weight excluding hydrogens is 305 g/mol. The van der Waals surface area contributed by atoms with E-state index >= 15 is 0 Å². The first kappa shape index (κ1) is 11.6. The Labute approximate surface area is 101 Å². The van der Waals surface area contributed by atoms with E-state index in [0.29, 0.717) is 12.1 Å². The van der Waals surface area contributed by atoms with Crippen LogP contribution < -0.4 is 5.43 Å². The Balaban J connectivity index is 2.42. The molecule has 1 aromatic carbocycles. The first-order valence-corrected chi connectivity index (χ1v) is 5.35. The average molecular weight is 313 g/mol. The van der Waals surface area contributed by atoms with Gasteiger partial charge in [0.1, 0.15) is 0 Å². The molecule has 0 heterocycles. The summed E-state index contributed by atoms with van der Waals surface area (Å²) in [5.41, 5.74) is 4.41. The Bertz CT molecular complexity index is 390. The van der Waals surface area contributed by atoms with Crippen molar-refractivity contribution in [2.24, 2.45) is 15.5 Å². The Morgan fingerprint density at radius 1 is 1.40 bits per heavy atom. The summed E-state index contributed by atoms with van der Waals surface area (Å²) < 4.78 is 1.52. The van der Waals surface area contributed by atoms with Crippen LogP contribution in [0.15, 0.2) is 39.8 Å².